The first-order valence-corrected chi connectivity index (χ1v) is 5.48. The van der Waals surface area contributed by atoms with E-state index in [2.05, 4.69) is 4.98 Å². The number of hydrogen-bond acceptors (Lipinski definition) is 3. The van der Waals surface area contributed by atoms with E-state index in [-0.39, 0.29) is 11.0 Å². The molecule has 0 unspecified atom stereocenters. The summed E-state index contributed by atoms with van der Waals surface area (Å²) in [5, 5.41) is 11.0. The van der Waals surface area contributed by atoms with Gasteiger partial charge in [0.05, 0.1) is 16.0 Å². The Morgan fingerprint density at radius 2 is 2.05 bits per heavy atom. The van der Waals surface area contributed by atoms with Gasteiger partial charge in [0, 0.05) is 12.6 Å². The number of nitrogens with zero attached hydrogens (tertiary/aromatic N) is 3. The molecule has 0 amide bonds. The highest BCUT2D eigenvalue weighted by molar-refractivity contribution is 5.86. The highest BCUT2D eigenvalue weighted by atomic mass is 19.4. The molecule has 5 nitrogen and oxygen atoms in total. The average molecular weight is 273 g/mol. The first kappa shape index (κ1) is 13.3. The zero-order valence-electron chi connectivity index (χ0n) is 10.2. The third-order valence-electron chi connectivity index (χ3n) is 2.85. The molecular weight excluding hydrogens is 263 g/mol. The first-order chi connectivity index (χ1) is 8.75. The molecule has 0 aliphatic rings. The van der Waals surface area contributed by atoms with Gasteiger partial charge in [0.15, 0.2) is 0 Å². The second-order valence-corrected chi connectivity index (χ2v) is 4.02. The molecular formula is C11H10F3N3O2. The summed E-state index contributed by atoms with van der Waals surface area (Å²) in [6.45, 7) is 3.74. The number of imidazole rings is 1. The molecule has 0 aliphatic heterocycles. The molecule has 19 heavy (non-hydrogen) atoms. The summed E-state index contributed by atoms with van der Waals surface area (Å²) in [5.74, 6) is 0.444. The standard InChI is InChI=1S/C11H10F3N3O2/c1-3-16-6(2)15-8-4-7(11(12,13)14)5-9(10(8)16)17(18)19/h4-5H,3H2,1-2H3. The van der Waals surface area contributed by atoms with Crippen LogP contribution in [0.4, 0.5) is 18.9 Å². The smallest absolute Gasteiger partial charge is 0.323 e. The summed E-state index contributed by atoms with van der Waals surface area (Å²) >= 11 is 0. The fourth-order valence-corrected chi connectivity index (χ4v) is 2.05. The van der Waals surface area contributed by atoms with Crippen molar-refractivity contribution in [3.8, 4) is 0 Å². The molecule has 102 valence electrons. The van der Waals surface area contributed by atoms with Crippen LogP contribution in [-0.2, 0) is 12.7 Å². The van der Waals surface area contributed by atoms with Gasteiger partial charge in [-0.3, -0.25) is 10.1 Å². The van der Waals surface area contributed by atoms with E-state index in [0.717, 1.165) is 6.07 Å². The fourth-order valence-electron chi connectivity index (χ4n) is 2.05. The lowest BCUT2D eigenvalue weighted by Gasteiger charge is -2.07. The molecule has 0 radical (unpaired) electrons. The summed E-state index contributed by atoms with van der Waals surface area (Å²) in [6, 6.07) is 1.39. The zero-order valence-corrected chi connectivity index (χ0v) is 10.2. The van der Waals surface area contributed by atoms with E-state index in [4.69, 9.17) is 0 Å². The number of nitro benzene ring substituents is 1. The van der Waals surface area contributed by atoms with Gasteiger partial charge in [-0.15, -0.1) is 0 Å². The lowest BCUT2D eigenvalue weighted by atomic mass is 10.1. The minimum atomic E-state index is -4.64. The monoisotopic (exact) mass is 273 g/mol. The van der Waals surface area contributed by atoms with Gasteiger partial charge >= 0.3 is 6.18 Å². The van der Waals surface area contributed by atoms with Crippen LogP contribution in [0.5, 0.6) is 0 Å². The van der Waals surface area contributed by atoms with Crippen LogP contribution in [0.3, 0.4) is 0 Å². The van der Waals surface area contributed by atoms with Crippen LogP contribution in [0.25, 0.3) is 11.0 Å². The number of nitro groups is 1. The van der Waals surface area contributed by atoms with E-state index in [1.807, 2.05) is 0 Å². The molecule has 1 aromatic carbocycles. The normalized spacial score (nSPS) is 12.1. The Morgan fingerprint density at radius 1 is 1.42 bits per heavy atom. The van der Waals surface area contributed by atoms with Gasteiger partial charge in [0.1, 0.15) is 11.3 Å². The molecule has 0 bridgehead atoms. The van der Waals surface area contributed by atoms with E-state index < -0.39 is 22.4 Å². The van der Waals surface area contributed by atoms with Crippen molar-refractivity contribution in [2.24, 2.45) is 0 Å². The van der Waals surface area contributed by atoms with Crippen molar-refractivity contribution in [3.05, 3.63) is 33.6 Å². The van der Waals surface area contributed by atoms with Gasteiger partial charge in [-0.25, -0.2) is 4.98 Å². The Labute approximate surface area is 105 Å². The number of aryl methyl sites for hydroxylation is 2. The summed E-state index contributed by atoms with van der Waals surface area (Å²) in [7, 11) is 0. The number of alkyl halides is 3. The maximum atomic E-state index is 12.7. The van der Waals surface area contributed by atoms with Crippen molar-refractivity contribution in [1.29, 1.82) is 0 Å². The molecule has 0 N–H and O–H groups in total. The zero-order chi connectivity index (χ0) is 14.4. The van der Waals surface area contributed by atoms with Crippen LogP contribution >= 0.6 is 0 Å². The Morgan fingerprint density at radius 3 is 2.53 bits per heavy atom. The predicted octanol–water partition coefficient (Wildman–Crippen LogP) is 3.29. The summed E-state index contributed by atoms with van der Waals surface area (Å²) < 4.78 is 39.6. The van der Waals surface area contributed by atoms with Gasteiger partial charge in [-0.1, -0.05) is 0 Å². The maximum Gasteiger partial charge on any atom is 0.416 e. The highest BCUT2D eigenvalue weighted by Crippen LogP contribution is 2.36. The van der Waals surface area contributed by atoms with Gasteiger partial charge < -0.3 is 4.57 Å². The predicted molar refractivity (Wildman–Crippen MR) is 61.8 cm³/mol. The minimum absolute atomic E-state index is 0.0131. The van der Waals surface area contributed by atoms with Crippen molar-refractivity contribution in [2.45, 2.75) is 26.6 Å². The second-order valence-electron chi connectivity index (χ2n) is 4.02. The molecule has 8 heteroatoms. The van der Waals surface area contributed by atoms with E-state index in [9.17, 15) is 23.3 Å². The lowest BCUT2D eigenvalue weighted by molar-refractivity contribution is -0.383. The lowest BCUT2D eigenvalue weighted by Crippen LogP contribution is -2.07. The van der Waals surface area contributed by atoms with Crippen LogP contribution in [0.2, 0.25) is 0 Å². The largest absolute Gasteiger partial charge is 0.416 e. The molecule has 1 heterocycles. The third-order valence-corrected chi connectivity index (χ3v) is 2.85. The molecule has 2 rings (SSSR count). The molecule has 0 saturated carbocycles. The van der Waals surface area contributed by atoms with E-state index in [0.29, 0.717) is 18.4 Å². The topological polar surface area (TPSA) is 61.0 Å². The third kappa shape index (κ3) is 2.13. The van der Waals surface area contributed by atoms with Crippen LogP contribution in [0.15, 0.2) is 12.1 Å². The van der Waals surface area contributed by atoms with Crippen molar-refractivity contribution >= 4 is 16.7 Å². The van der Waals surface area contributed by atoms with Gasteiger partial charge in [-0.05, 0) is 19.9 Å². The molecule has 0 spiro atoms. The van der Waals surface area contributed by atoms with E-state index >= 15 is 0 Å². The number of rotatable bonds is 2. The molecule has 1 aromatic heterocycles. The molecule has 0 atom stereocenters. The SMILES string of the molecule is CCn1c(C)nc2cc(C(F)(F)F)cc([N+](=O)[O-])c21. The van der Waals surface area contributed by atoms with Crippen molar-refractivity contribution < 1.29 is 18.1 Å². The Bertz CT molecular complexity index is 661. The molecule has 0 aliphatic carbocycles. The Hall–Kier alpha value is -2.12. The number of benzene rings is 1. The quantitative estimate of drug-likeness (QED) is 0.623. The van der Waals surface area contributed by atoms with E-state index in [1.165, 1.54) is 4.57 Å². The Balaban J connectivity index is 2.88. The van der Waals surface area contributed by atoms with Crippen molar-refractivity contribution in [1.82, 2.24) is 9.55 Å². The number of hydrogen-bond donors (Lipinski definition) is 0. The molecule has 0 fully saturated rings. The number of halogens is 3. The summed E-state index contributed by atoms with van der Waals surface area (Å²) in [5.41, 5.74) is -1.53. The maximum absolute atomic E-state index is 12.7. The van der Waals surface area contributed by atoms with E-state index in [1.54, 1.807) is 13.8 Å². The summed E-state index contributed by atoms with van der Waals surface area (Å²) in [4.78, 5) is 14.1. The Kier molecular flexibility index (Phi) is 2.95. The molecule has 2 aromatic rings. The van der Waals surface area contributed by atoms with Crippen LogP contribution in [0, 0.1) is 17.0 Å². The van der Waals surface area contributed by atoms with Crippen LogP contribution < -0.4 is 0 Å². The van der Waals surface area contributed by atoms with Crippen molar-refractivity contribution in [3.63, 3.8) is 0 Å². The number of non-ortho nitro benzene ring substituents is 1. The second kappa shape index (κ2) is 4.22. The van der Waals surface area contributed by atoms with Gasteiger partial charge in [0.2, 0.25) is 0 Å². The van der Waals surface area contributed by atoms with Crippen LogP contribution in [0.1, 0.15) is 18.3 Å². The highest BCUT2D eigenvalue weighted by Gasteiger charge is 2.34. The minimum Gasteiger partial charge on any atom is -0.323 e. The van der Waals surface area contributed by atoms with Crippen molar-refractivity contribution in [2.75, 3.05) is 0 Å². The van der Waals surface area contributed by atoms with Gasteiger partial charge in [0.25, 0.3) is 5.69 Å². The first-order valence-electron chi connectivity index (χ1n) is 5.48. The van der Waals surface area contributed by atoms with Crippen LogP contribution in [-0.4, -0.2) is 14.5 Å². The number of fused-ring (bicyclic) bond motifs is 1. The molecule has 0 saturated heterocycles. The average Bonchev–Trinajstić information content (AvgIpc) is 2.61. The van der Waals surface area contributed by atoms with Gasteiger partial charge in [-0.2, -0.15) is 13.2 Å². The number of aromatic nitrogens is 2. The summed E-state index contributed by atoms with van der Waals surface area (Å²) in [6.07, 6.45) is -4.64. The fraction of sp³-hybridized carbons (Fsp3) is 0.364.